The van der Waals surface area contributed by atoms with Gasteiger partial charge in [-0.25, -0.2) is 9.89 Å². The van der Waals surface area contributed by atoms with Crippen LogP contribution in [0.15, 0.2) is 28.2 Å². The van der Waals surface area contributed by atoms with Crippen molar-refractivity contribution >= 4 is 23.4 Å². The van der Waals surface area contributed by atoms with Gasteiger partial charge in [0.25, 0.3) is 0 Å². The Labute approximate surface area is 139 Å². The number of nitrogens with one attached hydrogen (secondary N) is 2. The molecule has 0 spiro atoms. The average molecular weight is 334 g/mol. The van der Waals surface area contributed by atoms with Crippen LogP contribution < -0.4 is 11.0 Å². The minimum atomic E-state index is -0.226. The van der Waals surface area contributed by atoms with Gasteiger partial charge in [0.05, 0.1) is 5.75 Å². The summed E-state index contributed by atoms with van der Waals surface area (Å²) in [7, 11) is 0. The lowest BCUT2D eigenvalue weighted by atomic mass is 10.1. The molecular formula is C16H22N4O2S. The Morgan fingerprint density at radius 1 is 1.35 bits per heavy atom. The fraction of sp³-hybridized carbons (Fsp3) is 0.438. The van der Waals surface area contributed by atoms with E-state index < -0.39 is 0 Å². The molecule has 0 aliphatic heterocycles. The van der Waals surface area contributed by atoms with E-state index in [-0.39, 0.29) is 17.3 Å². The van der Waals surface area contributed by atoms with E-state index in [2.05, 4.69) is 22.4 Å². The predicted molar refractivity (Wildman–Crippen MR) is 93.0 cm³/mol. The van der Waals surface area contributed by atoms with Crippen molar-refractivity contribution in [2.45, 2.75) is 45.3 Å². The number of nitrogens with zero attached hydrogens (tertiary/aromatic N) is 2. The van der Waals surface area contributed by atoms with Crippen LogP contribution in [-0.2, 0) is 11.3 Å². The summed E-state index contributed by atoms with van der Waals surface area (Å²) in [6, 6.07) is 5.89. The molecule has 0 bridgehead atoms. The number of anilines is 1. The first-order valence-corrected chi connectivity index (χ1v) is 8.65. The van der Waals surface area contributed by atoms with Gasteiger partial charge in [-0.15, -0.1) is 5.10 Å². The maximum absolute atomic E-state index is 12.2. The Bertz CT molecular complexity index is 716. The van der Waals surface area contributed by atoms with E-state index in [1.54, 1.807) is 4.57 Å². The predicted octanol–water partition coefficient (Wildman–Crippen LogP) is 2.72. The monoisotopic (exact) mass is 334 g/mol. The Balaban J connectivity index is 1.99. The third kappa shape index (κ3) is 4.48. The average Bonchev–Trinajstić information content (AvgIpc) is 2.87. The van der Waals surface area contributed by atoms with Gasteiger partial charge in [-0.05, 0) is 31.4 Å². The molecule has 0 aliphatic rings. The van der Waals surface area contributed by atoms with E-state index in [1.165, 1.54) is 11.8 Å². The van der Waals surface area contributed by atoms with Crippen molar-refractivity contribution < 1.29 is 4.79 Å². The molecule has 124 valence electrons. The number of carbonyl (C=O) groups is 1. The van der Waals surface area contributed by atoms with Crippen molar-refractivity contribution in [3.05, 3.63) is 39.8 Å². The highest BCUT2D eigenvalue weighted by Gasteiger charge is 2.12. The largest absolute Gasteiger partial charge is 0.343 e. The van der Waals surface area contributed by atoms with Crippen molar-refractivity contribution in [3.63, 3.8) is 0 Å². The van der Waals surface area contributed by atoms with Crippen LogP contribution in [0.5, 0.6) is 0 Å². The van der Waals surface area contributed by atoms with Crippen LogP contribution in [-0.4, -0.2) is 26.4 Å². The molecule has 0 saturated carbocycles. The number of rotatable bonds is 7. The fourth-order valence-corrected chi connectivity index (χ4v) is 3.02. The quantitative estimate of drug-likeness (QED) is 0.763. The fourth-order valence-electron chi connectivity index (χ4n) is 2.24. The van der Waals surface area contributed by atoms with E-state index in [4.69, 9.17) is 0 Å². The molecule has 1 aromatic carbocycles. The molecule has 0 saturated heterocycles. The van der Waals surface area contributed by atoms with Crippen molar-refractivity contribution in [1.29, 1.82) is 0 Å². The normalized spacial score (nSPS) is 10.7. The maximum atomic E-state index is 12.2. The molecule has 7 heteroatoms. The first-order valence-electron chi connectivity index (χ1n) is 7.67. The van der Waals surface area contributed by atoms with Gasteiger partial charge in [-0.2, -0.15) is 0 Å². The standard InChI is InChI=1S/C16H22N4O2S/c1-4-5-9-20-15(22)18-19-16(20)23-10-13(21)17-14-11(2)7-6-8-12(14)3/h6-8H,4-5,9-10H2,1-3H3,(H,17,21)(H,18,22). The minimum Gasteiger partial charge on any atom is -0.325 e. The van der Waals surface area contributed by atoms with E-state index in [9.17, 15) is 9.59 Å². The molecule has 23 heavy (non-hydrogen) atoms. The summed E-state index contributed by atoms with van der Waals surface area (Å²) in [5.74, 6) is 0.106. The zero-order valence-electron chi connectivity index (χ0n) is 13.7. The van der Waals surface area contributed by atoms with E-state index >= 15 is 0 Å². The molecule has 0 unspecified atom stereocenters. The number of para-hydroxylation sites is 1. The lowest BCUT2D eigenvalue weighted by molar-refractivity contribution is -0.113. The molecule has 1 aromatic heterocycles. The number of H-pyrrole nitrogens is 1. The zero-order chi connectivity index (χ0) is 16.8. The molecule has 1 amide bonds. The van der Waals surface area contributed by atoms with Crippen LogP contribution in [0.3, 0.4) is 0 Å². The SMILES string of the molecule is CCCCn1c(SCC(=O)Nc2c(C)cccc2C)n[nH]c1=O. The summed E-state index contributed by atoms with van der Waals surface area (Å²) < 4.78 is 1.58. The van der Waals surface area contributed by atoms with Crippen LogP contribution in [0, 0.1) is 13.8 Å². The van der Waals surface area contributed by atoms with Crippen LogP contribution in [0.2, 0.25) is 0 Å². The van der Waals surface area contributed by atoms with Crippen molar-refractivity contribution in [2.75, 3.05) is 11.1 Å². The molecule has 0 aliphatic carbocycles. The van der Waals surface area contributed by atoms with Gasteiger partial charge in [0.2, 0.25) is 5.91 Å². The Morgan fingerprint density at radius 3 is 2.70 bits per heavy atom. The van der Waals surface area contributed by atoms with Gasteiger partial charge >= 0.3 is 5.69 Å². The van der Waals surface area contributed by atoms with Crippen LogP contribution >= 0.6 is 11.8 Å². The summed E-state index contributed by atoms with van der Waals surface area (Å²) in [5.41, 5.74) is 2.69. The first kappa shape index (κ1) is 17.3. The maximum Gasteiger partial charge on any atom is 0.343 e. The first-order chi connectivity index (χ1) is 11.0. The van der Waals surface area contributed by atoms with Crippen molar-refractivity contribution in [1.82, 2.24) is 14.8 Å². The Hall–Kier alpha value is -2.02. The van der Waals surface area contributed by atoms with E-state index in [1.807, 2.05) is 32.0 Å². The van der Waals surface area contributed by atoms with Gasteiger partial charge in [0.1, 0.15) is 0 Å². The third-order valence-corrected chi connectivity index (χ3v) is 4.51. The molecule has 6 nitrogen and oxygen atoms in total. The second-order valence-corrected chi connectivity index (χ2v) is 6.36. The number of benzene rings is 1. The smallest absolute Gasteiger partial charge is 0.325 e. The van der Waals surface area contributed by atoms with E-state index in [0.29, 0.717) is 11.7 Å². The van der Waals surface area contributed by atoms with Crippen LogP contribution in [0.25, 0.3) is 0 Å². The van der Waals surface area contributed by atoms with E-state index in [0.717, 1.165) is 29.7 Å². The number of aromatic amines is 1. The number of hydrogen-bond acceptors (Lipinski definition) is 4. The summed E-state index contributed by atoms with van der Waals surface area (Å²) in [6.45, 7) is 6.61. The third-order valence-electron chi connectivity index (χ3n) is 3.54. The summed E-state index contributed by atoms with van der Waals surface area (Å²) in [5, 5.41) is 9.92. The lowest BCUT2D eigenvalue weighted by Crippen LogP contribution is -2.19. The Kier molecular flexibility index (Phi) is 6.04. The molecule has 1 heterocycles. The van der Waals surface area contributed by atoms with Crippen LogP contribution in [0.4, 0.5) is 5.69 Å². The number of amides is 1. The van der Waals surface area contributed by atoms with Crippen LogP contribution in [0.1, 0.15) is 30.9 Å². The number of hydrogen-bond donors (Lipinski definition) is 2. The van der Waals surface area contributed by atoms with Crippen molar-refractivity contribution in [3.8, 4) is 0 Å². The molecule has 0 atom stereocenters. The highest BCUT2D eigenvalue weighted by atomic mass is 32.2. The molecular weight excluding hydrogens is 312 g/mol. The van der Waals surface area contributed by atoms with Gasteiger partial charge in [-0.3, -0.25) is 9.36 Å². The number of aryl methyl sites for hydroxylation is 2. The van der Waals surface area contributed by atoms with Gasteiger partial charge in [-0.1, -0.05) is 43.3 Å². The summed E-state index contributed by atoms with van der Waals surface area (Å²) >= 11 is 1.27. The number of unbranched alkanes of at least 4 members (excludes halogenated alkanes) is 1. The molecule has 0 radical (unpaired) electrons. The highest BCUT2D eigenvalue weighted by Crippen LogP contribution is 2.20. The topological polar surface area (TPSA) is 79.8 Å². The summed E-state index contributed by atoms with van der Waals surface area (Å²) in [4.78, 5) is 23.9. The van der Waals surface area contributed by atoms with Gasteiger partial charge in [0.15, 0.2) is 5.16 Å². The van der Waals surface area contributed by atoms with Gasteiger partial charge < -0.3 is 5.32 Å². The molecule has 2 rings (SSSR count). The van der Waals surface area contributed by atoms with Crippen molar-refractivity contribution in [2.24, 2.45) is 0 Å². The lowest BCUT2D eigenvalue weighted by Gasteiger charge is -2.11. The number of thioether (sulfide) groups is 1. The minimum absolute atomic E-state index is 0.107. The molecule has 2 aromatic rings. The number of carbonyl (C=O) groups excluding carboxylic acids is 1. The zero-order valence-corrected chi connectivity index (χ0v) is 14.5. The molecule has 2 N–H and O–H groups in total. The second-order valence-electron chi connectivity index (χ2n) is 5.42. The summed E-state index contributed by atoms with van der Waals surface area (Å²) in [6.07, 6.45) is 1.90. The Morgan fingerprint density at radius 2 is 2.04 bits per heavy atom. The number of aromatic nitrogens is 3. The second kappa shape index (κ2) is 8.01. The van der Waals surface area contributed by atoms with Gasteiger partial charge in [0, 0.05) is 12.2 Å². The highest BCUT2D eigenvalue weighted by molar-refractivity contribution is 7.99. The molecule has 0 fully saturated rings.